The summed E-state index contributed by atoms with van der Waals surface area (Å²) in [4.78, 5) is 18.7. The van der Waals surface area contributed by atoms with Crippen molar-refractivity contribution >= 4 is 27.5 Å². The lowest BCUT2D eigenvalue weighted by molar-refractivity contribution is -0.131. The van der Waals surface area contributed by atoms with Crippen LogP contribution < -0.4 is 0 Å². The van der Waals surface area contributed by atoms with Crippen molar-refractivity contribution in [3.05, 3.63) is 64.9 Å². The van der Waals surface area contributed by atoms with E-state index in [-0.39, 0.29) is 24.2 Å². The van der Waals surface area contributed by atoms with Crippen LogP contribution in [0.5, 0.6) is 0 Å². The van der Waals surface area contributed by atoms with E-state index in [1.54, 1.807) is 41.5 Å². The summed E-state index contributed by atoms with van der Waals surface area (Å²) >= 11 is 1.58. The molecule has 1 heterocycles. The molecule has 23 heavy (non-hydrogen) atoms. The molecular weight excluding hydrogens is 311 g/mol. The average Bonchev–Trinajstić information content (AvgIpc) is 2.99. The normalized spacial score (nSPS) is 12.3. The van der Waals surface area contributed by atoms with Gasteiger partial charge in [0.05, 0.1) is 22.7 Å². The van der Waals surface area contributed by atoms with Gasteiger partial charge in [0.2, 0.25) is 5.91 Å². The van der Waals surface area contributed by atoms with Crippen LogP contribution in [0.4, 0.5) is 4.39 Å². The van der Waals surface area contributed by atoms with Crippen molar-refractivity contribution in [3.63, 3.8) is 0 Å². The van der Waals surface area contributed by atoms with E-state index in [1.165, 1.54) is 6.07 Å². The summed E-state index contributed by atoms with van der Waals surface area (Å²) in [6.07, 6.45) is 0.0540. The van der Waals surface area contributed by atoms with Crippen molar-refractivity contribution in [2.24, 2.45) is 0 Å². The number of amides is 1. The van der Waals surface area contributed by atoms with Crippen molar-refractivity contribution in [2.45, 2.75) is 19.4 Å². The number of hydrogen-bond donors (Lipinski definition) is 0. The fourth-order valence-electron chi connectivity index (χ4n) is 2.38. The molecule has 0 saturated heterocycles. The largest absolute Gasteiger partial charge is 0.336 e. The molecule has 3 nitrogen and oxygen atoms in total. The molecule has 5 heteroatoms. The Morgan fingerprint density at radius 1 is 1.22 bits per heavy atom. The molecule has 0 bridgehead atoms. The maximum absolute atomic E-state index is 13.7. The first-order valence-corrected chi connectivity index (χ1v) is 8.22. The molecule has 1 atom stereocenters. The van der Waals surface area contributed by atoms with Crippen molar-refractivity contribution in [2.75, 3.05) is 7.05 Å². The first-order chi connectivity index (χ1) is 11.1. The first kappa shape index (κ1) is 15.6. The van der Waals surface area contributed by atoms with Crippen molar-refractivity contribution < 1.29 is 9.18 Å². The standard InChI is InChI=1S/C18H17FN2OS/c1-12(18-20-15-9-5-6-10-16(15)23-18)21(2)17(22)11-13-7-3-4-8-14(13)19/h3-10,12H,11H2,1-2H3/t12-/m0/s1. The Bertz CT molecular complexity index is 813. The van der Waals surface area contributed by atoms with Gasteiger partial charge in [-0.15, -0.1) is 11.3 Å². The number of likely N-dealkylation sites (N-methyl/N-ethyl adjacent to an activating group) is 1. The number of halogens is 1. The zero-order chi connectivity index (χ0) is 16.4. The molecule has 0 aliphatic carbocycles. The van der Waals surface area contributed by atoms with Gasteiger partial charge in [-0.2, -0.15) is 0 Å². The highest BCUT2D eigenvalue weighted by atomic mass is 32.1. The second kappa shape index (κ2) is 6.46. The number of benzene rings is 2. The lowest BCUT2D eigenvalue weighted by Gasteiger charge is -2.23. The first-order valence-electron chi connectivity index (χ1n) is 7.41. The third kappa shape index (κ3) is 3.24. The maximum atomic E-state index is 13.7. The quantitative estimate of drug-likeness (QED) is 0.719. The smallest absolute Gasteiger partial charge is 0.227 e. The van der Waals surface area contributed by atoms with Gasteiger partial charge < -0.3 is 4.90 Å². The molecule has 0 aliphatic heterocycles. The minimum Gasteiger partial charge on any atom is -0.336 e. The summed E-state index contributed by atoms with van der Waals surface area (Å²) in [5.74, 6) is -0.469. The molecule has 1 amide bonds. The molecule has 2 aromatic carbocycles. The van der Waals surface area contributed by atoms with Crippen LogP contribution in [0.2, 0.25) is 0 Å². The van der Waals surface area contributed by atoms with Crippen molar-refractivity contribution in [1.82, 2.24) is 9.88 Å². The van der Waals surface area contributed by atoms with Gasteiger partial charge >= 0.3 is 0 Å². The van der Waals surface area contributed by atoms with Crippen molar-refractivity contribution in [1.29, 1.82) is 0 Å². The molecule has 0 saturated carbocycles. The fourth-order valence-corrected chi connectivity index (χ4v) is 3.44. The number of hydrogen-bond acceptors (Lipinski definition) is 3. The van der Waals surface area contributed by atoms with Crippen LogP contribution in [0.1, 0.15) is 23.5 Å². The fraction of sp³-hybridized carbons (Fsp3) is 0.222. The minimum atomic E-state index is -0.345. The van der Waals surface area contributed by atoms with Gasteiger partial charge in [0.25, 0.3) is 0 Å². The summed E-state index contributed by atoms with van der Waals surface area (Å²) in [6, 6.07) is 14.1. The van der Waals surface area contributed by atoms with Crippen LogP contribution in [-0.4, -0.2) is 22.8 Å². The Labute approximate surface area is 138 Å². The van der Waals surface area contributed by atoms with E-state index in [4.69, 9.17) is 0 Å². The predicted octanol–water partition coefficient (Wildman–Crippen LogP) is 4.20. The third-order valence-corrected chi connectivity index (χ3v) is 5.15. The van der Waals surface area contributed by atoms with E-state index in [1.807, 2.05) is 31.2 Å². The van der Waals surface area contributed by atoms with Gasteiger partial charge in [-0.1, -0.05) is 30.3 Å². The van der Waals surface area contributed by atoms with Crippen LogP contribution in [0, 0.1) is 5.82 Å². The number of rotatable bonds is 4. The van der Waals surface area contributed by atoms with E-state index in [0.717, 1.165) is 15.2 Å². The lowest BCUT2D eigenvalue weighted by atomic mass is 10.1. The Kier molecular flexibility index (Phi) is 4.39. The summed E-state index contributed by atoms with van der Waals surface area (Å²) in [5, 5.41) is 0.885. The van der Waals surface area contributed by atoms with Gasteiger partial charge in [-0.25, -0.2) is 9.37 Å². The van der Waals surface area contributed by atoms with Crippen LogP contribution in [-0.2, 0) is 11.2 Å². The molecule has 0 spiro atoms. The van der Waals surface area contributed by atoms with Crippen molar-refractivity contribution in [3.8, 4) is 0 Å². The van der Waals surface area contributed by atoms with Crippen LogP contribution >= 0.6 is 11.3 Å². The minimum absolute atomic E-state index is 0.0540. The maximum Gasteiger partial charge on any atom is 0.227 e. The molecule has 3 rings (SSSR count). The van der Waals surface area contributed by atoms with Gasteiger partial charge in [0.1, 0.15) is 10.8 Å². The monoisotopic (exact) mass is 328 g/mol. The molecule has 0 unspecified atom stereocenters. The summed E-state index contributed by atoms with van der Waals surface area (Å²) in [6.45, 7) is 1.94. The third-order valence-electron chi connectivity index (χ3n) is 3.94. The van der Waals surface area contributed by atoms with Gasteiger partial charge in [-0.3, -0.25) is 4.79 Å². The van der Waals surface area contributed by atoms with Gasteiger partial charge in [0.15, 0.2) is 0 Å². The van der Waals surface area contributed by atoms with E-state index >= 15 is 0 Å². The van der Waals surface area contributed by atoms with Crippen LogP contribution in [0.15, 0.2) is 48.5 Å². The number of thiazole rings is 1. The topological polar surface area (TPSA) is 33.2 Å². The number of fused-ring (bicyclic) bond motifs is 1. The molecule has 1 aromatic heterocycles. The van der Waals surface area contributed by atoms with E-state index in [2.05, 4.69) is 4.98 Å². The Hall–Kier alpha value is -2.27. The molecule has 3 aromatic rings. The number of para-hydroxylation sites is 1. The SMILES string of the molecule is C[C@@H](c1nc2ccccc2s1)N(C)C(=O)Cc1ccccc1F. The average molecular weight is 328 g/mol. The number of nitrogens with zero attached hydrogens (tertiary/aromatic N) is 2. The number of carbonyl (C=O) groups excluding carboxylic acids is 1. The van der Waals surface area contributed by atoms with Crippen LogP contribution in [0.3, 0.4) is 0 Å². The zero-order valence-corrected chi connectivity index (χ0v) is 13.8. The molecule has 0 N–H and O–H groups in total. The summed E-state index contributed by atoms with van der Waals surface area (Å²) in [5.41, 5.74) is 1.36. The zero-order valence-electron chi connectivity index (χ0n) is 13.0. The molecule has 118 valence electrons. The highest BCUT2D eigenvalue weighted by Gasteiger charge is 2.21. The molecule has 0 radical (unpaired) electrons. The van der Waals surface area contributed by atoms with E-state index in [9.17, 15) is 9.18 Å². The summed E-state index contributed by atoms with van der Waals surface area (Å²) in [7, 11) is 1.74. The van der Waals surface area contributed by atoms with E-state index in [0.29, 0.717) is 5.56 Å². The lowest BCUT2D eigenvalue weighted by Crippen LogP contribution is -2.31. The second-order valence-corrected chi connectivity index (χ2v) is 6.53. The van der Waals surface area contributed by atoms with Gasteiger partial charge in [0, 0.05) is 7.05 Å². The Balaban J connectivity index is 1.77. The molecule has 0 aliphatic rings. The van der Waals surface area contributed by atoms with E-state index < -0.39 is 0 Å². The Morgan fingerprint density at radius 3 is 2.65 bits per heavy atom. The molecular formula is C18H17FN2OS. The van der Waals surface area contributed by atoms with Gasteiger partial charge in [-0.05, 0) is 30.7 Å². The highest BCUT2D eigenvalue weighted by molar-refractivity contribution is 7.18. The second-order valence-electron chi connectivity index (χ2n) is 5.47. The predicted molar refractivity (Wildman–Crippen MR) is 90.9 cm³/mol. The summed E-state index contributed by atoms with van der Waals surface area (Å²) < 4.78 is 14.8. The van der Waals surface area contributed by atoms with Crippen LogP contribution in [0.25, 0.3) is 10.2 Å². The molecule has 0 fully saturated rings. The Morgan fingerprint density at radius 2 is 1.91 bits per heavy atom. The number of carbonyl (C=O) groups is 1. The highest BCUT2D eigenvalue weighted by Crippen LogP contribution is 2.29. The number of aromatic nitrogens is 1.